The Kier molecular flexibility index (Phi) is 4.14. The van der Waals surface area contributed by atoms with Crippen LogP contribution in [0.25, 0.3) is 0 Å². The van der Waals surface area contributed by atoms with Crippen LogP contribution in [0.2, 0.25) is 0 Å². The van der Waals surface area contributed by atoms with E-state index in [1.54, 1.807) is 6.07 Å². The van der Waals surface area contributed by atoms with Crippen molar-refractivity contribution in [2.75, 3.05) is 6.61 Å². The average molecular weight is 342 g/mol. The van der Waals surface area contributed by atoms with Crippen LogP contribution in [-0.2, 0) is 15.9 Å². The Hall–Kier alpha value is -1.75. The van der Waals surface area contributed by atoms with Gasteiger partial charge in [-0.15, -0.1) is 0 Å². The van der Waals surface area contributed by atoms with Gasteiger partial charge in [-0.3, -0.25) is 0 Å². The number of halogens is 1. The minimum Gasteiger partial charge on any atom is -0.388 e. The number of hydrogen-bond donors (Lipinski definition) is 1. The van der Waals surface area contributed by atoms with Crippen LogP contribution in [0.5, 0.6) is 0 Å². The molecular formula is C21H23FO3. The van der Waals surface area contributed by atoms with Gasteiger partial charge in [-0.25, -0.2) is 4.39 Å². The molecule has 0 aromatic heterocycles. The van der Waals surface area contributed by atoms with Gasteiger partial charge in [0, 0.05) is 5.92 Å². The highest BCUT2D eigenvalue weighted by atomic mass is 19.1. The van der Waals surface area contributed by atoms with Gasteiger partial charge in [0.15, 0.2) is 5.79 Å². The maximum absolute atomic E-state index is 13.8. The van der Waals surface area contributed by atoms with Crippen molar-refractivity contribution in [1.82, 2.24) is 0 Å². The first-order valence-corrected chi connectivity index (χ1v) is 8.79. The smallest absolute Gasteiger partial charge is 0.163 e. The van der Waals surface area contributed by atoms with Crippen LogP contribution >= 0.6 is 0 Å². The van der Waals surface area contributed by atoms with Gasteiger partial charge >= 0.3 is 0 Å². The third-order valence-electron chi connectivity index (χ3n) is 5.23. The summed E-state index contributed by atoms with van der Waals surface area (Å²) in [6.07, 6.45) is 0.490. The lowest BCUT2D eigenvalue weighted by molar-refractivity contribution is -0.140. The predicted molar refractivity (Wildman–Crippen MR) is 92.9 cm³/mol. The van der Waals surface area contributed by atoms with Crippen molar-refractivity contribution in [3.63, 3.8) is 0 Å². The number of ether oxygens (including phenoxy) is 2. The van der Waals surface area contributed by atoms with Crippen LogP contribution in [0, 0.1) is 5.82 Å². The molecule has 1 heterocycles. The Bertz CT molecular complexity index is 786. The van der Waals surface area contributed by atoms with Gasteiger partial charge in [0.05, 0.1) is 18.8 Å². The number of hydrogen-bond acceptors (Lipinski definition) is 3. The second-order valence-corrected chi connectivity index (χ2v) is 7.46. The summed E-state index contributed by atoms with van der Waals surface area (Å²) >= 11 is 0. The molecule has 0 bridgehead atoms. The number of aliphatic hydroxyl groups excluding tert-OH is 1. The van der Waals surface area contributed by atoms with Crippen molar-refractivity contribution in [2.45, 2.75) is 50.6 Å². The van der Waals surface area contributed by atoms with Crippen molar-refractivity contribution in [3.8, 4) is 0 Å². The lowest BCUT2D eigenvalue weighted by Gasteiger charge is -2.26. The summed E-state index contributed by atoms with van der Waals surface area (Å²) in [6, 6.07) is 12.9. The molecule has 3 nitrogen and oxygen atoms in total. The Labute approximate surface area is 147 Å². The van der Waals surface area contributed by atoms with Crippen LogP contribution in [0.3, 0.4) is 0 Å². The Morgan fingerprint density at radius 1 is 1.12 bits per heavy atom. The third kappa shape index (κ3) is 3.22. The first kappa shape index (κ1) is 16.7. The van der Waals surface area contributed by atoms with Gasteiger partial charge < -0.3 is 14.6 Å². The molecule has 1 aliphatic heterocycles. The highest BCUT2D eigenvalue weighted by Crippen LogP contribution is 2.43. The molecular weight excluding hydrogens is 319 g/mol. The van der Waals surface area contributed by atoms with Crippen molar-refractivity contribution < 1.29 is 19.0 Å². The average Bonchev–Trinajstić information content (AvgIpc) is 2.87. The molecule has 2 aromatic carbocycles. The molecule has 1 N–H and O–H groups in total. The second-order valence-electron chi connectivity index (χ2n) is 7.46. The molecule has 1 fully saturated rings. The van der Waals surface area contributed by atoms with Gasteiger partial charge in [-0.1, -0.05) is 30.3 Å². The Morgan fingerprint density at radius 2 is 1.88 bits per heavy atom. The van der Waals surface area contributed by atoms with E-state index in [2.05, 4.69) is 12.1 Å². The highest BCUT2D eigenvalue weighted by molar-refractivity contribution is 5.44. The molecule has 0 spiro atoms. The van der Waals surface area contributed by atoms with Crippen molar-refractivity contribution in [3.05, 3.63) is 70.5 Å². The first-order chi connectivity index (χ1) is 11.9. The topological polar surface area (TPSA) is 38.7 Å². The first-order valence-electron chi connectivity index (χ1n) is 8.79. The Morgan fingerprint density at radius 3 is 2.64 bits per heavy atom. The van der Waals surface area contributed by atoms with E-state index in [0.717, 1.165) is 11.1 Å². The number of rotatable bonds is 2. The van der Waals surface area contributed by atoms with E-state index >= 15 is 0 Å². The van der Waals surface area contributed by atoms with Crippen molar-refractivity contribution in [2.24, 2.45) is 0 Å². The monoisotopic (exact) mass is 342 g/mol. The summed E-state index contributed by atoms with van der Waals surface area (Å²) in [5, 5.41) is 11.1. The van der Waals surface area contributed by atoms with Crippen LogP contribution in [-0.4, -0.2) is 23.6 Å². The molecule has 0 saturated carbocycles. The van der Waals surface area contributed by atoms with E-state index in [9.17, 15) is 9.50 Å². The molecule has 2 aromatic rings. The maximum atomic E-state index is 13.8. The van der Waals surface area contributed by atoms with Gasteiger partial charge in [0.25, 0.3) is 0 Å². The van der Waals surface area contributed by atoms with E-state index in [1.807, 2.05) is 26.0 Å². The standard InChI is InChI=1S/C21H23FO3/c1-21(2)24-12-16(25-21)11-19-17-6-4-3-5-13(17)9-14-7-8-15(22)10-18(14)20(19)23/h3-8,10,16,19-20,23H,9,11-12H2,1-2H3. The summed E-state index contributed by atoms with van der Waals surface area (Å²) in [7, 11) is 0. The molecule has 0 amide bonds. The molecule has 2 aliphatic rings. The van der Waals surface area contributed by atoms with Crippen molar-refractivity contribution in [1.29, 1.82) is 0 Å². The fourth-order valence-electron chi connectivity index (χ4n) is 4.07. The maximum Gasteiger partial charge on any atom is 0.163 e. The van der Waals surface area contributed by atoms with E-state index in [0.29, 0.717) is 25.0 Å². The SMILES string of the molecule is CC1(C)OCC(CC2c3ccccc3Cc3ccc(F)cc3C2O)O1. The molecule has 1 saturated heterocycles. The van der Waals surface area contributed by atoms with E-state index < -0.39 is 11.9 Å². The van der Waals surface area contributed by atoms with Crippen LogP contribution < -0.4 is 0 Å². The number of fused-ring (bicyclic) bond motifs is 2. The number of aliphatic hydroxyl groups is 1. The molecule has 4 rings (SSSR count). The Balaban J connectivity index is 1.73. The molecule has 0 radical (unpaired) electrons. The largest absolute Gasteiger partial charge is 0.388 e. The summed E-state index contributed by atoms with van der Waals surface area (Å²) < 4.78 is 25.4. The number of benzene rings is 2. The normalized spacial score (nSPS) is 27.4. The second kappa shape index (κ2) is 6.20. The van der Waals surface area contributed by atoms with Gasteiger partial charge in [0.1, 0.15) is 5.82 Å². The summed E-state index contributed by atoms with van der Waals surface area (Å²) in [6.45, 7) is 4.30. The zero-order chi connectivity index (χ0) is 17.6. The minimum atomic E-state index is -0.762. The van der Waals surface area contributed by atoms with Crippen LogP contribution in [0.1, 0.15) is 54.5 Å². The summed E-state index contributed by atoms with van der Waals surface area (Å²) in [5.41, 5.74) is 3.95. The minimum absolute atomic E-state index is 0.0854. The zero-order valence-electron chi connectivity index (χ0n) is 14.5. The molecule has 4 heteroatoms. The molecule has 25 heavy (non-hydrogen) atoms. The third-order valence-corrected chi connectivity index (χ3v) is 5.23. The quantitative estimate of drug-likeness (QED) is 0.893. The fraction of sp³-hybridized carbons (Fsp3) is 0.429. The molecule has 3 atom stereocenters. The van der Waals surface area contributed by atoms with E-state index in [-0.39, 0.29) is 17.8 Å². The van der Waals surface area contributed by atoms with Gasteiger partial charge in [-0.2, -0.15) is 0 Å². The van der Waals surface area contributed by atoms with E-state index in [4.69, 9.17) is 9.47 Å². The lowest BCUT2D eigenvalue weighted by Crippen LogP contribution is -2.24. The summed E-state index contributed by atoms with van der Waals surface area (Å²) in [4.78, 5) is 0. The lowest BCUT2D eigenvalue weighted by atomic mass is 9.85. The fourth-order valence-corrected chi connectivity index (χ4v) is 4.07. The summed E-state index contributed by atoms with van der Waals surface area (Å²) in [5.74, 6) is -1.06. The predicted octanol–water partition coefficient (Wildman–Crippen LogP) is 4.09. The van der Waals surface area contributed by atoms with E-state index in [1.165, 1.54) is 17.7 Å². The van der Waals surface area contributed by atoms with Crippen molar-refractivity contribution >= 4 is 0 Å². The molecule has 1 aliphatic carbocycles. The van der Waals surface area contributed by atoms with Gasteiger partial charge in [0.2, 0.25) is 0 Å². The molecule has 3 unspecified atom stereocenters. The van der Waals surface area contributed by atoms with Crippen LogP contribution in [0.4, 0.5) is 4.39 Å². The zero-order valence-corrected chi connectivity index (χ0v) is 14.5. The van der Waals surface area contributed by atoms with Gasteiger partial charge in [-0.05, 0) is 61.1 Å². The highest BCUT2D eigenvalue weighted by Gasteiger charge is 2.38. The van der Waals surface area contributed by atoms with Crippen LogP contribution in [0.15, 0.2) is 42.5 Å². The molecule has 132 valence electrons.